The zero-order valence-electron chi connectivity index (χ0n) is 9.47. The third kappa shape index (κ3) is 3.15. The maximum absolute atomic E-state index is 12.9. The molecule has 0 atom stereocenters. The predicted octanol–water partition coefficient (Wildman–Crippen LogP) is 2.99. The summed E-state index contributed by atoms with van der Waals surface area (Å²) < 4.78 is 39.0. The van der Waals surface area contributed by atoms with E-state index in [0.717, 1.165) is 12.1 Å². The normalized spacial score (nSPS) is 11.3. The van der Waals surface area contributed by atoms with Crippen LogP contribution in [0.2, 0.25) is 5.02 Å². The van der Waals surface area contributed by atoms with Gasteiger partial charge in [-0.2, -0.15) is 0 Å². The summed E-state index contributed by atoms with van der Waals surface area (Å²) in [6.45, 7) is 0. The second-order valence-corrected chi connectivity index (χ2v) is 5.84. The second-order valence-electron chi connectivity index (χ2n) is 3.73. The van der Waals surface area contributed by atoms with Crippen LogP contribution in [0.1, 0.15) is 0 Å². The van der Waals surface area contributed by atoms with Crippen molar-refractivity contribution in [2.75, 3.05) is 4.72 Å². The van der Waals surface area contributed by atoms with Crippen molar-refractivity contribution in [3.05, 3.63) is 53.3 Å². The van der Waals surface area contributed by atoms with Crippen LogP contribution in [0.15, 0.2) is 47.4 Å². The van der Waals surface area contributed by atoms with Gasteiger partial charge < -0.3 is 5.11 Å². The van der Waals surface area contributed by atoms with Crippen LogP contribution in [0.4, 0.5) is 10.1 Å². The molecule has 0 aromatic heterocycles. The lowest BCUT2D eigenvalue weighted by molar-refractivity contribution is 0.433. The average molecular weight is 302 g/mol. The van der Waals surface area contributed by atoms with Crippen molar-refractivity contribution in [1.29, 1.82) is 0 Å². The Morgan fingerprint density at radius 1 is 1.11 bits per heavy atom. The highest BCUT2D eigenvalue weighted by molar-refractivity contribution is 7.92. The van der Waals surface area contributed by atoms with Crippen molar-refractivity contribution in [3.8, 4) is 5.75 Å². The van der Waals surface area contributed by atoms with Gasteiger partial charge in [-0.15, -0.1) is 0 Å². The maximum atomic E-state index is 12.9. The van der Waals surface area contributed by atoms with E-state index in [4.69, 9.17) is 11.6 Å². The third-order valence-electron chi connectivity index (χ3n) is 2.32. The van der Waals surface area contributed by atoms with Gasteiger partial charge in [0.1, 0.15) is 0 Å². The first kappa shape index (κ1) is 13.6. The van der Waals surface area contributed by atoms with Crippen molar-refractivity contribution in [2.24, 2.45) is 0 Å². The van der Waals surface area contributed by atoms with Crippen LogP contribution in [0.25, 0.3) is 0 Å². The fourth-order valence-electron chi connectivity index (χ4n) is 1.40. The van der Waals surface area contributed by atoms with Gasteiger partial charge in [0, 0.05) is 11.1 Å². The van der Waals surface area contributed by atoms with E-state index >= 15 is 0 Å². The molecule has 0 fully saturated rings. The van der Waals surface area contributed by atoms with E-state index in [1.165, 1.54) is 30.3 Å². The molecule has 0 radical (unpaired) electrons. The molecule has 0 bridgehead atoms. The molecule has 0 aliphatic rings. The number of nitrogens with one attached hydrogen (secondary N) is 1. The fourth-order valence-corrected chi connectivity index (χ4v) is 2.58. The molecule has 0 spiro atoms. The molecule has 0 unspecified atom stereocenters. The number of aromatic hydroxyl groups is 1. The van der Waals surface area contributed by atoms with Crippen LogP contribution in [-0.4, -0.2) is 13.5 Å². The van der Waals surface area contributed by atoms with Crippen LogP contribution in [0.3, 0.4) is 0 Å². The van der Waals surface area contributed by atoms with Gasteiger partial charge in [-0.1, -0.05) is 11.6 Å². The first-order chi connectivity index (χ1) is 8.88. The van der Waals surface area contributed by atoms with E-state index in [1.807, 2.05) is 0 Å². The number of halogens is 2. The maximum Gasteiger partial charge on any atom is 0.261 e. The van der Waals surface area contributed by atoms with Gasteiger partial charge in [0.25, 0.3) is 10.0 Å². The molecular formula is C12H9ClFNO3S. The molecule has 100 valence electrons. The van der Waals surface area contributed by atoms with Gasteiger partial charge in [0.2, 0.25) is 0 Å². The molecule has 0 heterocycles. The SMILES string of the molecule is O=S(=O)(Nc1ccc(F)c(O)c1)c1ccc(Cl)cc1. The molecule has 0 saturated carbocycles. The van der Waals surface area contributed by atoms with Crippen LogP contribution in [0.5, 0.6) is 5.75 Å². The Morgan fingerprint density at radius 3 is 2.32 bits per heavy atom. The number of hydrogen-bond donors (Lipinski definition) is 2. The minimum atomic E-state index is -3.80. The number of rotatable bonds is 3. The highest BCUT2D eigenvalue weighted by Crippen LogP contribution is 2.23. The summed E-state index contributed by atoms with van der Waals surface area (Å²) in [5.41, 5.74) is 0.0638. The van der Waals surface area contributed by atoms with Crippen LogP contribution >= 0.6 is 11.6 Å². The van der Waals surface area contributed by atoms with Gasteiger partial charge in [0.05, 0.1) is 10.6 Å². The number of phenolic OH excluding ortho intramolecular Hbond substituents is 1. The Kier molecular flexibility index (Phi) is 3.64. The highest BCUT2D eigenvalue weighted by Gasteiger charge is 2.14. The Labute approximate surface area is 114 Å². The van der Waals surface area contributed by atoms with E-state index in [9.17, 15) is 17.9 Å². The number of benzene rings is 2. The molecule has 2 aromatic carbocycles. The molecule has 2 rings (SSSR count). The summed E-state index contributed by atoms with van der Waals surface area (Å²) in [6.07, 6.45) is 0. The first-order valence-electron chi connectivity index (χ1n) is 5.15. The second kappa shape index (κ2) is 5.07. The number of phenols is 1. The topological polar surface area (TPSA) is 66.4 Å². The molecule has 0 aliphatic carbocycles. The molecule has 2 N–H and O–H groups in total. The molecule has 2 aromatic rings. The van der Waals surface area contributed by atoms with E-state index in [0.29, 0.717) is 5.02 Å². The smallest absolute Gasteiger partial charge is 0.261 e. The summed E-state index contributed by atoms with van der Waals surface area (Å²) >= 11 is 5.67. The largest absolute Gasteiger partial charge is 0.505 e. The summed E-state index contributed by atoms with van der Waals surface area (Å²) in [5.74, 6) is -1.45. The molecule has 4 nitrogen and oxygen atoms in total. The van der Waals surface area contributed by atoms with E-state index in [-0.39, 0.29) is 10.6 Å². The lowest BCUT2D eigenvalue weighted by atomic mass is 10.3. The molecular weight excluding hydrogens is 293 g/mol. The van der Waals surface area contributed by atoms with Gasteiger partial charge >= 0.3 is 0 Å². The minimum Gasteiger partial charge on any atom is -0.505 e. The van der Waals surface area contributed by atoms with Crippen LogP contribution in [-0.2, 0) is 10.0 Å². The van der Waals surface area contributed by atoms with E-state index < -0.39 is 21.6 Å². The quantitative estimate of drug-likeness (QED) is 0.916. The number of anilines is 1. The summed E-state index contributed by atoms with van der Waals surface area (Å²) in [6, 6.07) is 8.74. The van der Waals surface area contributed by atoms with Crippen molar-refractivity contribution in [3.63, 3.8) is 0 Å². The third-order valence-corrected chi connectivity index (χ3v) is 3.97. The lowest BCUT2D eigenvalue weighted by Crippen LogP contribution is -2.12. The average Bonchev–Trinajstić information content (AvgIpc) is 2.34. The number of sulfonamides is 1. The first-order valence-corrected chi connectivity index (χ1v) is 7.01. The lowest BCUT2D eigenvalue weighted by Gasteiger charge is -2.08. The van der Waals surface area contributed by atoms with Crippen molar-refractivity contribution < 1.29 is 17.9 Å². The fraction of sp³-hybridized carbons (Fsp3) is 0. The van der Waals surface area contributed by atoms with Gasteiger partial charge in [-0.25, -0.2) is 12.8 Å². The van der Waals surface area contributed by atoms with Gasteiger partial charge in [0.15, 0.2) is 11.6 Å². The van der Waals surface area contributed by atoms with Gasteiger partial charge in [-0.05, 0) is 36.4 Å². The van der Waals surface area contributed by atoms with Crippen molar-refractivity contribution in [1.82, 2.24) is 0 Å². The molecule has 0 saturated heterocycles. The van der Waals surface area contributed by atoms with Crippen molar-refractivity contribution in [2.45, 2.75) is 4.90 Å². The minimum absolute atomic E-state index is 0.0146. The monoisotopic (exact) mass is 301 g/mol. The zero-order chi connectivity index (χ0) is 14.0. The summed E-state index contributed by atoms with van der Waals surface area (Å²) in [7, 11) is -3.80. The number of hydrogen-bond acceptors (Lipinski definition) is 3. The molecule has 19 heavy (non-hydrogen) atoms. The standard InChI is InChI=1S/C12H9ClFNO3S/c13-8-1-4-10(5-2-8)19(17,18)15-9-3-6-11(14)12(16)7-9/h1-7,15-16H. The predicted molar refractivity (Wildman–Crippen MR) is 70.3 cm³/mol. The zero-order valence-corrected chi connectivity index (χ0v) is 11.0. The van der Waals surface area contributed by atoms with Crippen LogP contribution in [0, 0.1) is 5.82 Å². The van der Waals surface area contributed by atoms with E-state index in [1.54, 1.807) is 0 Å². The van der Waals surface area contributed by atoms with Gasteiger partial charge in [-0.3, -0.25) is 4.72 Å². The Hall–Kier alpha value is -1.79. The highest BCUT2D eigenvalue weighted by atomic mass is 35.5. The summed E-state index contributed by atoms with van der Waals surface area (Å²) in [4.78, 5) is 0.0146. The Balaban J connectivity index is 2.30. The molecule has 7 heteroatoms. The van der Waals surface area contributed by atoms with E-state index in [2.05, 4.69) is 4.72 Å². The van der Waals surface area contributed by atoms with Crippen molar-refractivity contribution >= 4 is 27.3 Å². The molecule has 0 amide bonds. The Morgan fingerprint density at radius 2 is 1.74 bits per heavy atom. The Bertz CT molecular complexity index is 701. The molecule has 0 aliphatic heterocycles. The summed E-state index contributed by atoms with van der Waals surface area (Å²) in [5, 5.41) is 9.59. The van der Waals surface area contributed by atoms with Crippen LogP contribution < -0.4 is 4.72 Å².